The number of aliphatic hydroxyl groups excluding tert-OH is 1. The number of thiazole rings is 1. The number of carbonyl (C=O) groups excluding carboxylic acids is 1. The molecule has 0 unspecified atom stereocenters. The quantitative estimate of drug-likeness (QED) is 0.520. The van der Waals surface area contributed by atoms with Crippen molar-refractivity contribution in [1.82, 2.24) is 9.71 Å². The average Bonchev–Trinajstić information content (AvgIpc) is 3.15. The number of amides is 2. The van der Waals surface area contributed by atoms with Gasteiger partial charge in [-0.2, -0.15) is 0 Å². The van der Waals surface area contributed by atoms with Crippen LogP contribution in [0, 0.1) is 0 Å². The molecular weight excluding hydrogens is 416 g/mol. The minimum atomic E-state index is -3.68. The molecule has 0 spiro atoms. The summed E-state index contributed by atoms with van der Waals surface area (Å²) in [6.07, 6.45) is 0.729. The smallest absolute Gasteiger partial charge is 0.328 e. The van der Waals surface area contributed by atoms with Gasteiger partial charge in [0, 0.05) is 18.8 Å². The number of carbonyl (C=O) groups is 1. The van der Waals surface area contributed by atoms with Crippen molar-refractivity contribution in [1.29, 1.82) is 0 Å². The standard InChI is InChI=1S/C18H26N4O5S2/c1-4-15-16(29(25,26)19-3)28-18(21-15)22(11-6-12-23)17(24)20-13-7-9-14(10-8-13)27-5-2/h7-10,19,23H,4-6,11-12H2,1-3H3,(H,20,24). The highest BCUT2D eigenvalue weighted by Gasteiger charge is 2.26. The molecule has 0 bridgehead atoms. The Bertz CT molecular complexity index is 913. The van der Waals surface area contributed by atoms with Crippen LogP contribution in [0.25, 0.3) is 0 Å². The second kappa shape index (κ2) is 10.5. The van der Waals surface area contributed by atoms with Crippen LogP contribution in [0.4, 0.5) is 15.6 Å². The Balaban J connectivity index is 2.29. The molecular formula is C18H26N4O5S2. The molecule has 0 fully saturated rings. The summed E-state index contributed by atoms with van der Waals surface area (Å²) in [6.45, 7) is 4.30. The van der Waals surface area contributed by atoms with Crippen molar-refractivity contribution in [3.8, 4) is 5.75 Å². The number of benzene rings is 1. The van der Waals surface area contributed by atoms with Crippen LogP contribution in [-0.4, -0.2) is 51.3 Å². The second-order valence-electron chi connectivity index (χ2n) is 5.91. The van der Waals surface area contributed by atoms with E-state index in [0.29, 0.717) is 36.6 Å². The number of sulfonamides is 1. The monoisotopic (exact) mass is 442 g/mol. The van der Waals surface area contributed by atoms with Crippen molar-refractivity contribution >= 4 is 38.2 Å². The third-order valence-electron chi connectivity index (χ3n) is 3.93. The first-order chi connectivity index (χ1) is 13.9. The summed E-state index contributed by atoms with van der Waals surface area (Å²) in [6, 6.07) is 6.44. The zero-order valence-electron chi connectivity index (χ0n) is 16.6. The van der Waals surface area contributed by atoms with Crippen molar-refractivity contribution in [2.45, 2.75) is 30.9 Å². The molecule has 2 amide bonds. The van der Waals surface area contributed by atoms with E-state index in [1.165, 1.54) is 11.9 Å². The third-order valence-corrected chi connectivity index (χ3v) is 7.02. The molecule has 0 saturated carbocycles. The molecule has 2 aromatic rings. The lowest BCUT2D eigenvalue weighted by Crippen LogP contribution is -2.36. The molecule has 29 heavy (non-hydrogen) atoms. The Hall–Kier alpha value is -2.21. The number of urea groups is 1. The first-order valence-corrected chi connectivity index (χ1v) is 11.5. The molecule has 0 aliphatic heterocycles. The van der Waals surface area contributed by atoms with Crippen LogP contribution < -0.4 is 19.7 Å². The molecule has 0 saturated heterocycles. The van der Waals surface area contributed by atoms with Crippen LogP contribution in [0.2, 0.25) is 0 Å². The zero-order chi connectivity index (χ0) is 21.4. The normalized spacial score (nSPS) is 11.3. The van der Waals surface area contributed by atoms with Gasteiger partial charge >= 0.3 is 6.03 Å². The van der Waals surface area contributed by atoms with E-state index in [1.807, 2.05) is 6.92 Å². The predicted octanol–water partition coefficient (Wildman–Crippen LogP) is 2.43. The molecule has 0 aliphatic rings. The first kappa shape index (κ1) is 23.1. The number of nitrogens with zero attached hydrogens (tertiary/aromatic N) is 2. The number of aromatic nitrogens is 1. The van der Waals surface area contributed by atoms with Gasteiger partial charge in [-0.1, -0.05) is 18.3 Å². The molecule has 1 aromatic carbocycles. The molecule has 0 radical (unpaired) electrons. The topological polar surface area (TPSA) is 121 Å². The third kappa shape index (κ3) is 5.89. The Morgan fingerprint density at radius 2 is 1.97 bits per heavy atom. The summed E-state index contributed by atoms with van der Waals surface area (Å²) in [5.74, 6) is 0.692. The number of anilines is 2. The molecule has 1 aromatic heterocycles. The maximum Gasteiger partial charge on any atom is 0.328 e. The molecule has 1 heterocycles. The fourth-order valence-electron chi connectivity index (χ4n) is 2.47. The van der Waals surface area contributed by atoms with Gasteiger partial charge in [0.15, 0.2) is 9.34 Å². The highest BCUT2D eigenvalue weighted by Crippen LogP contribution is 2.31. The second-order valence-corrected chi connectivity index (χ2v) is 8.97. The number of aliphatic hydroxyl groups is 1. The molecule has 11 heteroatoms. The van der Waals surface area contributed by atoms with E-state index >= 15 is 0 Å². The van der Waals surface area contributed by atoms with Crippen LogP contribution in [0.3, 0.4) is 0 Å². The SMILES string of the molecule is CCOc1ccc(NC(=O)N(CCCO)c2nc(CC)c(S(=O)(=O)NC)s2)cc1. The molecule has 160 valence electrons. The van der Waals surface area contributed by atoms with Crippen molar-refractivity contribution in [2.75, 3.05) is 37.0 Å². The van der Waals surface area contributed by atoms with Crippen molar-refractivity contribution in [3.63, 3.8) is 0 Å². The Morgan fingerprint density at radius 3 is 2.52 bits per heavy atom. The fourth-order valence-corrected chi connectivity index (χ4v) is 4.98. The number of rotatable bonds is 10. The van der Waals surface area contributed by atoms with E-state index in [2.05, 4.69) is 15.0 Å². The lowest BCUT2D eigenvalue weighted by molar-refractivity contribution is 0.254. The lowest BCUT2D eigenvalue weighted by Gasteiger charge is -2.20. The number of aryl methyl sites for hydroxylation is 1. The number of nitrogens with one attached hydrogen (secondary N) is 2. The Kier molecular flexibility index (Phi) is 8.38. The van der Waals surface area contributed by atoms with Gasteiger partial charge in [0.1, 0.15) is 5.75 Å². The zero-order valence-corrected chi connectivity index (χ0v) is 18.3. The van der Waals surface area contributed by atoms with Crippen LogP contribution in [0.1, 0.15) is 26.0 Å². The number of ether oxygens (including phenoxy) is 1. The molecule has 2 rings (SSSR count). The predicted molar refractivity (Wildman–Crippen MR) is 113 cm³/mol. The van der Waals surface area contributed by atoms with E-state index < -0.39 is 16.1 Å². The fraction of sp³-hybridized carbons (Fsp3) is 0.444. The summed E-state index contributed by atoms with van der Waals surface area (Å²) in [5, 5.41) is 12.2. The van der Waals surface area contributed by atoms with E-state index in [1.54, 1.807) is 31.2 Å². The van der Waals surface area contributed by atoms with Crippen molar-refractivity contribution in [2.24, 2.45) is 0 Å². The largest absolute Gasteiger partial charge is 0.494 e. The molecule has 3 N–H and O–H groups in total. The summed E-state index contributed by atoms with van der Waals surface area (Å²) in [7, 11) is -2.35. The minimum absolute atomic E-state index is 0.0837. The van der Waals surface area contributed by atoms with Gasteiger partial charge in [-0.05, 0) is 51.1 Å². The Morgan fingerprint density at radius 1 is 1.28 bits per heavy atom. The molecule has 9 nitrogen and oxygen atoms in total. The average molecular weight is 443 g/mol. The van der Waals surface area contributed by atoms with Gasteiger partial charge in [-0.25, -0.2) is 22.9 Å². The maximum atomic E-state index is 12.9. The van der Waals surface area contributed by atoms with Crippen molar-refractivity contribution in [3.05, 3.63) is 30.0 Å². The van der Waals surface area contributed by atoms with Gasteiger partial charge in [0.25, 0.3) is 10.0 Å². The highest BCUT2D eigenvalue weighted by molar-refractivity contribution is 7.91. The van der Waals surface area contributed by atoms with Gasteiger partial charge in [-0.3, -0.25) is 4.90 Å². The summed E-state index contributed by atoms with van der Waals surface area (Å²) in [5.41, 5.74) is 0.949. The molecule has 0 atom stereocenters. The van der Waals surface area contributed by atoms with Crippen LogP contribution in [0.5, 0.6) is 5.75 Å². The molecule has 0 aliphatic carbocycles. The van der Waals surface area contributed by atoms with Crippen LogP contribution in [0.15, 0.2) is 28.5 Å². The van der Waals surface area contributed by atoms with E-state index in [0.717, 1.165) is 11.3 Å². The Labute approximate surface area is 174 Å². The summed E-state index contributed by atoms with van der Waals surface area (Å²) >= 11 is 0.924. The van der Waals surface area contributed by atoms with Gasteiger partial charge in [0.2, 0.25) is 0 Å². The van der Waals surface area contributed by atoms with Crippen LogP contribution >= 0.6 is 11.3 Å². The van der Waals surface area contributed by atoms with E-state index in [4.69, 9.17) is 4.74 Å². The minimum Gasteiger partial charge on any atom is -0.494 e. The van der Waals surface area contributed by atoms with E-state index in [-0.39, 0.29) is 22.5 Å². The van der Waals surface area contributed by atoms with E-state index in [9.17, 15) is 18.3 Å². The van der Waals surface area contributed by atoms with Gasteiger partial charge < -0.3 is 15.2 Å². The van der Waals surface area contributed by atoms with Crippen LogP contribution in [-0.2, 0) is 16.4 Å². The van der Waals surface area contributed by atoms with Crippen molar-refractivity contribution < 1.29 is 23.1 Å². The maximum absolute atomic E-state index is 12.9. The number of hydrogen-bond donors (Lipinski definition) is 3. The van der Waals surface area contributed by atoms with Gasteiger partial charge in [-0.15, -0.1) is 0 Å². The van der Waals surface area contributed by atoms with Gasteiger partial charge in [0.05, 0.1) is 12.3 Å². The first-order valence-electron chi connectivity index (χ1n) is 9.21. The lowest BCUT2D eigenvalue weighted by atomic mass is 10.3. The number of hydrogen-bond acceptors (Lipinski definition) is 7. The highest BCUT2D eigenvalue weighted by atomic mass is 32.2. The summed E-state index contributed by atoms with van der Waals surface area (Å²) in [4.78, 5) is 18.6. The summed E-state index contributed by atoms with van der Waals surface area (Å²) < 4.78 is 32.3.